The minimum absolute atomic E-state index is 0.178. The Bertz CT molecular complexity index is 312. The molecule has 2 N–H and O–H groups in total. The molecule has 0 aliphatic rings. The molecule has 0 aliphatic heterocycles. The summed E-state index contributed by atoms with van der Waals surface area (Å²) in [5.74, 6) is 0.779. The van der Waals surface area contributed by atoms with Gasteiger partial charge in [-0.1, -0.05) is 28.1 Å². The number of nitrogens with two attached hydrogens (primary N) is 1. The van der Waals surface area contributed by atoms with E-state index in [0.717, 1.165) is 15.8 Å². The first-order valence-electron chi connectivity index (χ1n) is 3.90. The van der Waals surface area contributed by atoms with Crippen LogP contribution in [0.5, 0.6) is 5.75 Å². The van der Waals surface area contributed by atoms with Crippen LogP contribution in [0.15, 0.2) is 35.3 Å². The third-order valence-electron chi connectivity index (χ3n) is 1.81. The van der Waals surface area contributed by atoms with Gasteiger partial charge in [0.2, 0.25) is 0 Å². The zero-order valence-corrected chi connectivity index (χ0v) is 9.04. The van der Waals surface area contributed by atoms with Crippen LogP contribution in [0, 0.1) is 0 Å². The van der Waals surface area contributed by atoms with Crippen molar-refractivity contribution in [3.8, 4) is 5.75 Å². The first kappa shape index (κ1) is 10.3. The van der Waals surface area contributed by atoms with Crippen LogP contribution in [0.25, 0.3) is 0 Å². The third-order valence-corrected chi connectivity index (χ3v) is 2.30. The molecule has 70 valence electrons. The molecule has 0 fully saturated rings. The van der Waals surface area contributed by atoms with Crippen molar-refractivity contribution in [2.75, 3.05) is 7.11 Å². The van der Waals surface area contributed by atoms with Gasteiger partial charge in [0.05, 0.1) is 13.2 Å². The fourth-order valence-corrected chi connectivity index (χ4v) is 1.43. The largest absolute Gasteiger partial charge is 0.496 e. The second-order valence-corrected chi connectivity index (χ2v) is 3.56. The number of rotatable bonds is 3. The third kappa shape index (κ3) is 2.32. The molecule has 1 rings (SSSR count). The number of halogens is 1. The van der Waals surface area contributed by atoms with Gasteiger partial charge in [0.15, 0.2) is 0 Å². The molecule has 0 spiro atoms. The van der Waals surface area contributed by atoms with Crippen molar-refractivity contribution in [2.45, 2.75) is 6.04 Å². The number of benzene rings is 1. The van der Waals surface area contributed by atoms with Crippen molar-refractivity contribution in [3.63, 3.8) is 0 Å². The Balaban J connectivity index is 3.12. The highest BCUT2D eigenvalue weighted by atomic mass is 79.9. The molecule has 0 heterocycles. The predicted octanol–water partition coefficient (Wildman–Crippen LogP) is 2.64. The van der Waals surface area contributed by atoms with Crippen molar-refractivity contribution in [3.05, 3.63) is 40.9 Å². The standard InChI is InChI=1S/C10H12BrNO/c1-3-9(12)8-5-4-7(11)6-10(8)13-2/h3-6,9H,1,12H2,2H3. The lowest BCUT2D eigenvalue weighted by molar-refractivity contribution is 0.408. The normalized spacial score (nSPS) is 12.2. The quantitative estimate of drug-likeness (QED) is 0.827. The van der Waals surface area contributed by atoms with E-state index in [0.29, 0.717) is 0 Å². The first-order valence-corrected chi connectivity index (χ1v) is 4.70. The van der Waals surface area contributed by atoms with Gasteiger partial charge in [0, 0.05) is 10.0 Å². The molecule has 1 atom stereocenters. The van der Waals surface area contributed by atoms with Crippen LogP contribution in [-0.2, 0) is 0 Å². The van der Waals surface area contributed by atoms with E-state index in [4.69, 9.17) is 10.5 Å². The van der Waals surface area contributed by atoms with Gasteiger partial charge in [0.1, 0.15) is 5.75 Å². The molecular weight excluding hydrogens is 230 g/mol. The van der Waals surface area contributed by atoms with E-state index < -0.39 is 0 Å². The summed E-state index contributed by atoms with van der Waals surface area (Å²) in [6.07, 6.45) is 1.69. The van der Waals surface area contributed by atoms with Crippen LogP contribution in [0.3, 0.4) is 0 Å². The van der Waals surface area contributed by atoms with Crippen LogP contribution >= 0.6 is 15.9 Å². The molecule has 0 bridgehead atoms. The van der Waals surface area contributed by atoms with Gasteiger partial charge in [-0.3, -0.25) is 0 Å². The first-order chi connectivity index (χ1) is 6.19. The zero-order chi connectivity index (χ0) is 9.84. The summed E-state index contributed by atoms with van der Waals surface area (Å²) >= 11 is 3.36. The molecule has 0 radical (unpaired) electrons. The van der Waals surface area contributed by atoms with Gasteiger partial charge >= 0.3 is 0 Å². The van der Waals surface area contributed by atoms with Gasteiger partial charge < -0.3 is 10.5 Å². The maximum absolute atomic E-state index is 5.81. The van der Waals surface area contributed by atoms with Crippen molar-refractivity contribution >= 4 is 15.9 Å². The minimum Gasteiger partial charge on any atom is -0.496 e. The smallest absolute Gasteiger partial charge is 0.125 e. The Morgan fingerprint density at radius 1 is 1.62 bits per heavy atom. The Kier molecular flexibility index (Phi) is 3.51. The molecule has 13 heavy (non-hydrogen) atoms. The van der Waals surface area contributed by atoms with E-state index in [9.17, 15) is 0 Å². The highest BCUT2D eigenvalue weighted by Gasteiger charge is 2.08. The van der Waals surface area contributed by atoms with E-state index in [1.54, 1.807) is 13.2 Å². The lowest BCUT2D eigenvalue weighted by Gasteiger charge is -2.12. The summed E-state index contributed by atoms with van der Waals surface area (Å²) in [5, 5.41) is 0. The molecule has 0 amide bonds. The molecule has 0 aromatic heterocycles. The summed E-state index contributed by atoms with van der Waals surface area (Å²) in [4.78, 5) is 0. The molecule has 1 aromatic carbocycles. The van der Waals surface area contributed by atoms with E-state index in [-0.39, 0.29) is 6.04 Å². The van der Waals surface area contributed by atoms with Crippen LogP contribution in [0.2, 0.25) is 0 Å². The van der Waals surface area contributed by atoms with E-state index >= 15 is 0 Å². The fourth-order valence-electron chi connectivity index (χ4n) is 1.09. The molecule has 1 unspecified atom stereocenters. The molecule has 2 nitrogen and oxygen atoms in total. The number of hydrogen-bond acceptors (Lipinski definition) is 2. The maximum atomic E-state index is 5.81. The van der Waals surface area contributed by atoms with Gasteiger partial charge in [-0.05, 0) is 12.1 Å². The highest BCUT2D eigenvalue weighted by Crippen LogP contribution is 2.27. The van der Waals surface area contributed by atoms with Crippen LogP contribution in [0.1, 0.15) is 11.6 Å². The van der Waals surface area contributed by atoms with E-state index in [1.807, 2.05) is 18.2 Å². The van der Waals surface area contributed by atoms with Crippen LogP contribution < -0.4 is 10.5 Å². The molecule has 0 saturated heterocycles. The van der Waals surface area contributed by atoms with Gasteiger partial charge in [-0.15, -0.1) is 6.58 Å². The second-order valence-electron chi connectivity index (χ2n) is 2.65. The van der Waals surface area contributed by atoms with E-state index in [1.165, 1.54) is 0 Å². The van der Waals surface area contributed by atoms with Crippen molar-refractivity contribution in [1.82, 2.24) is 0 Å². The lowest BCUT2D eigenvalue weighted by atomic mass is 10.1. The topological polar surface area (TPSA) is 35.2 Å². The molecular formula is C10H12BrNO. The predicted molar refractivity (Wildman–Crippen MR) is 57.8 cm³/mol. The van der Waals surface area contributed by atoms with Gasteiger partial charge in [-0.25, -0.2) is 0 Å². The summed E-state index contributed by atoms with van der Waals surface area (Å²) in [5.41, 5.74) is 6.75. The molecule has 1 aromatic rings. The Hall–Kier alpha value is -0.800. The molecule has 3 heteroatoms. The van der Waals surface area contributed by atoms with E-state index in [2.05, 4.69) is 22.5 Å². The van der Waals surface area contributed by atoms with Crippen LogP contribution in [0.4, 0.5) is 0 Å². The highest BCUT2D eigenvalue weighted by molar-refractivity contribution is 9.10. The van der Waals surface area contributed by atoms with Gasteiger partial charge in [-0.2, -0.15) is 0 Å². The summed E-state index contributed by atoms with van der Waals surface area (Å²) in [7, 11) is 1.63. The summed E-state index contributed by atoms with van der Waals surface area (Å²) in [6, 6.07) is 5.57. The van der Waals surface area contributed by atoms with Crippen LogP contribution in [-0.4, -0.2) is 7.11 Å². The Morgan fingerprint density at radius 3 is 2.85 bits per heavy atom. The monoisotopic (exact) mass is 241 g/mol. The number of hydrogen-bond donors (Lipinski definition) is 1. The molecule has 0 aliphatic carbocycles. The van der Waals surface area contributed by atoms with Gasteiger partial charge in [0.25, 0.3) is 0 Å². The Labute approximate surface area is 86.5 Å². The minimum atomic E-state index is -0.178. The second kappa shape index (κ2) is 4.44. The average Bonchev–Trinajstić information content (AvgIpc) is 2.16. The summed E-state index contributed by atoms with van der Waals surface area (Å²) < 4.78 is 6.17. The Morgan fingerprint density at radius 2 is 2.31 bits per heavy atom. The molecule has 0 saturated carbocycles. The van der Waals surface area contributed by atoms with Crippen molar-refractivity contribution < 1.29 is 4.74 Å². The maximum Gasteiger partial charge on any atom is 0.125 e. The van der Waals surface area contributed by atoms with Crippen molar-refractivity contribution in [2.24, 2.45) is 5.73 Å². The lowest BCUT2D eigenvalue weighted by Crippen LogP contribution is -2.08. The fraction of sp³-hybridized carbons (Fsp3) is 0.200. The number of ether oxygens (including phenoxy) is 1. The zero-order valence-electron chi connectivity index (χ0n) is 7.46. The SMILES string of the molecule is C=CC(N)c1ccc(Br)cc1OC. The average molecular weight is 242 g/mol. The number of methoxy groups -OCH3 is 1. The van der Waals surface area contributed by atoms with Crippen molar-refractivity contribution in [1.29, 1.82) is 0 Å². The summed E-state index contributed by atoms with van der Waals surface area (Å²) in [6.45, 7) is 3.64.